The molecule has 5 heteroatoms. The average Bonchev–Trinajstić information content (AvgIpc) is 2.04. The molecule has 0 saturated carbocycles. The minimum Gasteiger partial charge on any atom is -0.506 e. The summed E-state index contributed by atoms with van der Waals surface area (Å²) in [6, 6.07) is 3.91. The van der Waals surface area contributed by atoms with Gasteiger partial charge in [-0.2, -0.15) is 0 Å². The SMILES string of the molecule is C.CN(C)c1cc([N+](=O)[O-])ccc1O. The van der Waals surface area contributed by atoms with E-state index in [0.29, 0.717) is 5.69 Å². The molecule has 0 heterocycles. The van der Waals surface area contributed by atoms with E-state index in [9.17, 15) is 15.2 Å². The maximum absolute atomic E-state index is 10.4. The number of anilines is 1. The van der Waals surface area contributed by atoms with Crippen molar-refractivity contribution in [1.29, 1.82) is 0 Å². The van der Waals surface area contributed by atoms with Crippen LogP contribution in [0.2, 0.25) is 0 Å². The van der Waals surface area contributed by atoms with Crippen molar-refractivity contribution in [3.8, 4) is 5.75 Å². The third-order valence-corrected chi connectivity index (χ3v) is 1.65. The van der Waals surface area contributed by atoms with Gasteiger partial charge in [0.1, 0.15) is 5.75 Å². The summed E-state index contributed by atoms with van der Waals surface area (Å²) in [5, 5.41) is 19.7. The number of hydrogen-bond donors (Lipinski definition) is 1. The van der Waals surface area contributed by atoms with Gasteiger partial charge in [-0.15, -0.1) is 0 Å². The van der Waals surface area contributed by atoms with Gasteiger partial charge < -0.3 is 10.0 Å². The molecule has 1 N–H and O–H groups in total. The van der Waals surface area contributed by atoms with Gasteiger partial charge in [-0.25, -0.2) is 0 Å². The Labute approximate surface area is 82.7 Å². The van der Waals surface area contributed by atoms with Gasteiger partial charge in [-0.1, -0.05) is 7.43 Å². The van der Waals surface area contributed by atoms with E-state index in [0.717, 1.165) is 0 Å². The predicted octanol–water partition coefficient (Wildman–Crippen LogP) is 2.00. The van der Waals surface area contributed by atoms with E-state index in [1.807, 2.05) is 0 Å². The minimum absolute atomic E-state index is 0. The van der Waals surface area contributed by atoms with Gasteiger partial charge >= 0.3 is 0 Å². The van der Waals surface area contributed by atoms with Crippen LogP contribution < -0.4 is 4.90 Å². The summed E-state index contributed by atoms with van der Waals surface area (Å²) in [5.74, 6) is 0.0376. The van der Waals surface area contributed by atoms with Gasteiger partial charge in [0.2, 0.25) is 0 Å². The molecule has 78 valence electrons. The number of non-ortho nitro benzene ring substituents is 1. The summed E-state index contributed by atoms with van der Waals surface area (Å²) in [4.78, 5) is 11.5. The van der Waals surface area contributed by atoms with Crippen LogP contribution in [-0.4, -0.2) is 24.1 Å². The van der Waals surface area contributed by atoms with Crippen LogP contribution in [0.5, 0.6) is 5.75 Å². The molecule has 0 aliphatic heterocycles. The van der Waals surface area contributed by atoms with Gasteiger partial charge in [0.05, 0.1) is 10.6 Å². The Hall–Kier alpha value is -1.78. The highest BCUT2D eigenvalue weighted by molar-refractivity contribution is 5.61. The van der Waals surface area contributed by atoms with Crippen LogP contribution in [0.3, 0.4) is 0 Å². The van der Waals surface area contributed by atoms with E-state index in [-0.39, 0.29) is 18.9 Å². The highest BCUT2D eigenvalue weighted by Gasteiger charge is 2.10. The molecule has 0 saturated heterocycles. The van der Waals surface area contributed by atoms with Crippen LogP contribution >= 0.6 is 0 Å². The highest BCUT2D eigenvalue weighted by atomic mass is 16.6. The zero-order valence-electron chi connectivity index (χ0n) is 7.39. The number of nitrogens with zero attached hydrogens (tertiary/aromatic N) is 2. The lowest BCUT2D eigenvalue weighted by Crippen LogP contribution is -2.08. The van der Waals surface area contributed by atoms with E-state index in [2.05, 4.69) is 0 Å². The first kappa shape index (κ1) is 12.2. The first-order chi connectivity index (χ1) is 6.02. The van der Waals surface area contributed by atoms with Gasteiger partial charge in [0, 0.05) is 26.2 Å². The number of phenols is 1. The minimum atomic E-state index is -0.494. The molecule has 0 bridgehead atoms. The molecule has 1 aromatic rings. The number of hydrogen-bond acceptors (Lipinski definition) is 4. The molecule has 0 amide bonds. The molecule has 1 rings (SSSR count). The Kier molecular flexibility index (Phi) is 3.89. The second kappa shape index (κ2) is 4.45. The number of nitro benzene ring substituents is 1. The molecule has 0 aromatic heterocycles. The van der Waals surface area contributed by atoms with Crippen LogP contribution in [0, 0.1) is 10.1 Å². The van der Waals surface area contributed by atoms with Crippen molar-refractivity contribution in [3.05, 3.63) is 28.3 Å². The van der Waals surface area contributed by atoms with Gasteiger partial charge in [-0.3, -0.25) is 10.1 Å². The summed E-state index contributed by atoms with van der Waals surface area (Å²) in [5.41, 5.74) is 0.413. The molecule has 0 fully saturated rings. The van der Waals surface area contributed by atoms with Crippen molar-refractivity contribution >= 4 is 11.4 Å². The fourth-order valence-corrected chi connectivity index (χ4v) is 0.984. The van der Waals surface area contributed by atoms with Gasteiger partial charge in [-0.05, 0) is 6.07 Å². The Balaban J connectivity index is 0.00000169. The molecular formula is C9H14N2O3. The standard InChI is InChI=1S/C8H10N2O3.CH4/c1-9(2)7-5-6(10(12)13)3-4-8(7)11;/h3-5,11H,1-2H3;1H4. The summed E-state index contributed by atoms with van der Waals surface area (Å²) in [7, 11) is 3.41. The number of benzene rings is 1. The first-order valence-electron chi connectivity index (χ1n) is 3.67. The summed E-state index contributed by atoms with van der Waals surface area (Å²) < 4.78 is 0. The molecule has 0 aliphatic carbocycles. The van der Waals surface area contributed by atoms with Crippen molar-refractivity contribution in [1.82, 2.24) is 0 Å². The third kappa shape index (κ3) is 2.35. The quantitative estimate of drug-likeness (QED) is 0.583. The third-order valence-electron chi connectivity index (χ3n) is 1.65. The number of nitro groups is 1. The zero-order chi connectivity index (χ0) is 10.0. The van der Waals surface area contributed by atoms with Crippen LogP contribution in [0.25, 0.3) is 0 Å². The maximum atomic E-state index is 10.4. The van der Waals surface area contributed by atoms with Crippen LogP contribution in [0.15, 0.2) is 18.2 Å². The molecule has 14 heavy (non-hydrogen) atoms. The summed E-state index contributed by atoms with van der Waals surface area (Å²) in [6.45, 7) is 0. The molecule has 0 atom stereocenters. The normalized spacial score (nSPS) is 9.00. The fraction of sp³-hybridized carbons (Fsp3) is 0.333. The Morgan fingerprint density at radius 1 is 1.43 bits per heavy atom. The maximum Gasteiger partial charge on any atom is 0.271 e. The summed E-state index contributed by atoms with van der Waals surface area (Å²) in [6.07, 6.45) is 0. The number of aromatic hydroxyl groups is 1. The van der Waals surface area contributed by atoms with Crippen molar-refractivity contribution in [2.75, 3.05) is 19.0 Å². The van der Waals surface area contributed by atoms with Gasteiger partial charge in [0.15, 0.2) is 0 Å². The molecule has 0 aliphatic rings. The Morgan fingerprint density at radius 3 is 2.43 bits per heavy atom. The monoisotopic (exact) mass is 198 g/mol. The molecule has 0 radical (unpaired) electrons. The molecule has 0 unspecified atom stereocenters. The van der Waals surface area contributed by atoms with E-state index < -0.39 is 4.92 Å². The van der Waals surface area contributed by atoms with E-state index in [1.54, 1.807) is 19.0 Å². The van der Waals surface area contributed by atoms with Gasteiger partial charge in [0.25, 0.3) is 5.69 Å². The van der Waals surface area contributed by atoms with Crippen LogP contribution in [0.1, 0.15) is 7.43 Å². The Morgan fingerprint density at radius 2 is 2.00 bits per heavy atom. The van der Waals surface area contributed by atoms with Crippen LogP contribution in [-0.2, 0) is 0 Å². The predicted molar refractivity (Wildman–Crippen MR) is 55.8 cm³/mol. The highest BCUT2D eigenvalue weighted by Crippen LogP contribution is 2.29. The number of rotatable bonds is 2. The molecule has 5 nitrogen and oxygen atoms in total. The van der Waals surface area contributed by atoms with E-state index >= 15 is 0 Å². The smallest absolute Gasteiger partial charge is 0.271 e. The lowest BCUT2D eigenvalue weighted by atomic mass is 10.2. The Bertz CT molecular complexity index is 337. The fourth-order valence-electron chi connectivity index (χ4n) is 0.984. The largest absolute Gasteiger partial charge is 0.506 e. The summed E-state index contributed by atoms with van der Waals surface area (Å²) >= 11 is 0. The van der Waals surface area contributed by atoms with Crippen molar-refractivity contribution < 1.29 is 10.0 Å². The second-order valence-corrected chi connectivity index (χ2v) is 2.82. The van der Waals surface area contributed by atoms with Crippen molar-refractivity contribution in [2.24, 2.45) is 0 Å². The van der Waals surface area contributed by atoms with E-state index in [4.69, 9.17) is 0 Å². The molecular weight excluding hydrogens is 184 g/mol. The zero-order valence-corrected chi connectivity index (χ0v) is 7.39. The van der Waals surface area contributed by atoms with E-state index in [1.165, 1.54) is 18.2 Å². The lowest BCUT2D eigenvalue weighted by molar-refractivity contribution is -0.384. The van der Waals surface area contributed by atoms with Crippen LogP contribution in [0.4, 0.5) is 11.4 Å². The second-order valence-electron chi connectivity index (χ2n) is 2.82. The first-order valence-corrected chi connectivity index (χ1v) is 3.67. The van der Waals surface area contributed by atoms with Crippen molar-refractivity contribution in [2.45, 2.75) is 7.43 Å². The molecule has 1 aromatic carbocycles. The lowest BCUT2D eigenvalue weighted by Gasteiger charge is -2.13. The average molecular weight is 198 g/mol. The van der Waals surface area contributed by atoms with Crippen molar-refractivity contribution in [3.63, 3.8) is 0 Å². The topological polar surface area (TPSA) is 66.6 Å². The molecule has 0 spiro atoms. The number of phenolic OH excluding ortho intramolecular Hbond substituents is 1.